The molecule has 12 nitrogen and oxygen atoms in total. The molecule has 0 unspecified atom stereocenters. The van der Waals surface area contributed by atoms with Gasteiger partial charge in [0.15, 0.2) is 16.5 Å². The van der Waals surface area contributed by atoms with Crippen LogP contribution in [0.25, 0.3) is 0 Å². The van der Waals surface area contributed by atoms with E-state index in [1.807, 2.05) is 54.6 Å². The molecule has 2 amide bonds. The molecule has 2 atom stereocenters. The number of amides is 2. The van der Waals surface area contributed by atoms with Gasteiger partial charge in [-0.15, -0.1) is 23.1 Å². The normalized spacial score (nSPS) is 16.9. The molecule has 7 rings (SSSR count). The van der Waals surface area contributed by atoms with Crippen molar-refractivity contribution < 1.29 is 33.8 Å². The molecule has 0 aliphatic carbocycles. The number of esters is 1. The number of oxime groups is 1. The Bertz CT molecular complexity index is 2100. The first-order valence-corrected chi connectivity index (χ1v) is 18.8. The number of hydrogen-bond donors (Lipinski definition) is 3. The van der Waals surface area contributed by atoms with E-state index in [2.05, 4.69) is 52.2 Å². The fraction of sp³-hybridized carbons (Fsp3) is 0.175. The molecule has 3 heterocycles. The van der Waals surface area contributed by atoms with Crippen molar-refractivity contribution in [3.8, 4) is 5.75 Å². The molecular formula is C40H35N5O7S2. The summed E-state index contributed by atoms with van der Waals surface area (Å²) in [5.41, 5.74) is 2.61. The summed E-state index contributed by atoms with van der Waals surface area (Å²) in [7, 11) is 2.86. The smallest absolute Gasteiger partial charge is 0.358 e. The number of nitrogens with zero attached hydrogens (tertiary/aromatic N) is 3. The molecule has 274 valence electrons. The van der Waals surface area contributed by atoms with Crippen molar-refractivity contribution in [2.45, 2.75) is 23.6 Å². The zero-order valence-corrected chi connectivity index (χ0v) is 30.8. The number of aromatic nitrogens is 1. The van der Waals surface area contributed by atoms with E-state index in [1.165, 1.54) is 30.2 Å². The molecule has 2 aliphatic rings. The van der Waals surface area contributed by atoms with Crippen molar-refractivity contribution in [2.24, 2.45) is 5.16 Å². The molecule has 1 fully saturated rings. The number of thiazole rings is 1. The fourth-order valence-electron chi connectivity index (χ4n) is 6.42. The van der Waals surface area contributed by atoms with Gasteiger partial charge in [0.2, 0.25) is 0 Å². The maximum Gasteiger partial charge on any atom is 0.358 e. The lowest BCUT2D eigenvalue weighted by Gasteiger charge is -2.48. The van der Waals surface area contributed by atoms with Crippen LogP contribution in [0, 0.1) is 0 Å². The Kier molecular flexibility index (Phi) is 10.6. The number of rotatable bonds is 13. The molecule has 0 radical (unpaired) electrons. The number of benzene rings is 4. The molecule has 1 aromatic heterocycles. The van der Waals surface area contributed by atoms with Crippen LogP contribution in [0.2, 0.25) is 0 Å². The van der Waals surface area contributed by atoms with Crippen LogP contribution in [-0.2, 0) is 36.1 Å². The minimum absolute atomic E-state index is 0.0416. The Hall–Kier alpha value is -6.12. The third-order valence-corrected chi connectivity index (χ3v) is 11.0. The Balaban J connectivity index is 1.09. The van der Waals surface area contributed by atoms with Gasteiger partial charge in [0.25, 0.3) is 11.8 Å². The van der Waals surface area contributed by atoms with Crippen LogP contribution in [0.3, 0.4) is 0 Å². The van der Waals surface area contributed by atoms with Gasteiger partial charge in [-0.25, -0.2) is 9.78 Å². The Morgan fingerprint density at radius 2 is 1.50 bits per heavy atom. The highest BCUT2D eigenvalue weighted by atomic mass is 32.2. The van der Waals surface area contributed by atoms with E-state index >= 15 is 0 Å². The minimum Gasteiger partial charge on any atom is -0.509 e. The molecule has 2 aliphatic heterocycles. The van der Waals surface area contributed by atoms with Crippen LogP contribution in [0.15, 0.2) is 137 Å². The van der Waals surface area contributed by atoms with Gasteiger partial charge in [0, 0.05) is 5.38 Å². The van der Waals surface area contributed by atoms with E-state index < -0.39 is 34.7 Å². The lowest BCUT2D eigenvalue weighted by Crippen LogP contribution is -2.71. The van der Waals surface area contributed by atoms with E-state index in [1.54, 1.807) is 36.8 Å². The van der Waals surface area contributed by atoms with Crippen LogP contribution in [0.5, 0.6) is 5.75 Å². The average molecular weight is 762 g/mol. The zero-order valence-electron chi connectivity index (χ0n) is 29.2. The van der Waals surface area contributed by atoms with Crippen LogP contribution < -0.4 is 15.4 Å². The second kappa shape index (κ2) is 15.9. The number of hydrogen-bond acceptors (Lipinski definition) is 12. The summed E-state index contributed by atoms with van der Waals surface area (Å²) >= 11 is 2.49. The average Bonchev–Trinajstić information content (AvgIpc) is 3.69. The van der Waals surface area contributed by atoms with Gasteiger partial charge in [-0.3, -0.25) is 14.5 Å². The van der Waals surface area contributed by atoms with Gasteiger partial charge in [-0.05, 0) is 34.4 Å². The first kappa shape index (κ1) is 36.2. The quantitative estimate of drug-likeness (QED) is 0.0440. The third-order valence-electron chi connectivity index (χ3n) is 9.02. The van der Waals surface area contributed by atoms with Crippen molar-refractivity contribution in [1.29, 1.82) is 0 Å². The summed E-state index contributed by atoms with van der Waals surface area (Å²) in [6.45, 7) is -0.0793. The van der Waals surface area contributed by atoms with Crippen molar-refractivity contribution in [3.05, 3.63) is 160 Å². The lowest BCUT2D eigenvalue weighted by atomic mass is 9.77. The highest BCUT2D eigenvalue weighted by Crippen LogP contribution is 2.42. The number of aliphatic hydroxyl groups is 1. The summed E-state index contributed by atoms with van der Waals surface area (Å²) in [5, 5.41) is 22.6. The van der Waals surface area contributed by atoms with Gasteiger partial charge in [-0.2, -0.15) is 0 Å². The van der Waals surface area contributed by atoms with E-state index in [4.69, 9.17) is 19.3 Å². The Labute approximate surface area is 319 Å². The molecule has 54 heavy (non-hydrogen) atoms. The molecule has 0 saturated carbocycles. The number of methoxy groups -OCH3 is 1. The van der Waals surface area contributed by atoms with Crippen LogP contribution in [0.4, 0.5) is 5.13 Å². The first-order valence-electron chi connectivity index (χ1n) is 16.8. The minimum atomic E-state index is -1.01. The first-order chi connectivity index (χ1) is 26.3. The molecular weight excluding hydrogens is 727 g/mol. The number of carbonyl (C=O) groups excluding carboxylic acids is 3. The Morgan fingerprint density at radius 3 is 2.06 bits per heavy atom. The van der Waals surface area contributed by atoms with Crippen molar-refractivity contribution in [2.75, 3.05) is 25.3 Å². The molecule has 1 saturated heterocycles. The summed E-state index contributed by atoms with van der Waals surface area (Å²) in [6, 6.07) is 36.0. The van der Waals surface area contributed by atoms with Crippen LogP contribution >= 0.6 is 23.1 Å². The van der Waals surface area contributed by atoms with Crippen molar-refractivity contribution in [3.63, 3.8) is 0 Å². The molecule has 3 N–H and O–H groups in total. The van der Waals surface area contributed by atoms with E-state index in [9.17, 15) is 19.5 Å². The van der Waals surface area contributed by atoms with Gasteiger partial charge in [0.05, 0.1) is 12.9 Å². The number of aliphatic hydroxyl groups excluding tert-OH is 1. The summed E-state index contributed by atoms with van der Waals surface area (Å²) in [5.74, 6) is -1.72. The number of β-lactam (4-membered cyclic amide) rings is 1. The second-order valence-electron chi connectivity index (χ2n) is 12.2. The third kappa shape index (κ3) is 7.00. The number of nitrogens with one attached hydrogen (secondary N) is 2. The number of fused-ring (bicyclic) bond motifs is 1. The summed E-state index contributed by atoms with van der Waals surface area (Å²) in [6.07, 6.45) is 0. The molecule has 14 heteroatoms. The Morgan fingerprint density at radius 1 is 0.907 bits per heavy atom. The SMILES string of the molecule is CO/N=C(\C(=O)N[C@@H]1C(=O)N2C(C(=O)OCc3ccc(OC)cc3)=C(O)CS[C@H]12)c1csc(NC(c2ccccc2)(c2ccccc2)c2ccccc2)n1. The maximum absolute atomic E-state index is 13.8. The largest absolute Gasteiger partial charge is 0.509 e. The highest BCUT2D eigenvalue weighted by molar-refractivity contribution is 8.00. The lowest BCUT2D eigenvalue weighted by molar-refractivity contribution is -0.153. The number of thioether (sulfide) groups is 1. The molecule has 5 aromatic rings. The summed E-state index contributed by atoms with van der Waals surface area (Å²) < 4.78 is 10.6. The highest BCUT2D eigenvalue weighted by Gasteiger charge is 2.55. The monoisotopic (exact) mass is 761 g/mol. The van der Waals surface area contributed by atoms with Gasteiger partial charge in [0.1, 0.15) is 47.9 Å². The fourth-order valence-corrected chi connectivity index (χ4v) is 8.37. The zero-order chi connectivity index (χ0) is 37.7. The predicted molar refractivity (Wildman–Crippen MR) is 206 cm³/mol. The summed E-state index contributed by atoms with van der Waals surface area (Å²) in [4.78, 5) is 51.4. The van der Waals surface area contributed by atoms with E-state index in [-0.39, 0.29) is 35.2 Å². The van der Waals surface area contributed by atoms with Crippen LogP contribution in [0.1, 0.15) is 27.9 Å². The predicted octanol–water partition coefficient (Wildman–Crippen LogP) is 5.82. The standard InChI is InChI=1S/C40H35N5O7S2/c1-50-29-20-18-25(19-21-29)22-52-38(49)34-31(46)24-53-37-33(36(48)45(34)37)42-35(47)32(44-51-2)30-23-54-39(41-30)43-40(26-12-6-3-7-13-26,27-14-8-4-9-15-27)28-16-10-5-11-17-28/h3-21,23,33,37,46H,22,24H2,1-2H3,(H,41,43)(H,42,47)/b44-32-/t33-,37-/m1/s1. The van der Waals surface area contributed by atoms with Crippen molar-refractivity contribution in [1.82, 2.24) is 15.2 Å². The van der Waals surface area contributed by atoms with E-state index in [0.717, 1.165) is 21.6 Å². The van der Waals surface area contributed by atoms with Crippen molar-refractivity contribution >= 4 is 51.7 Å². The molecule has 0 spiro atoms. The maximum atomic E-state index is 13.8. The number of anilines is 1. The van der Waals surface area contributed by atoms with Crippen LogP contribution in [-0.4, -0.2) is 69.9 Å². The molecule has 0 bridgehead atoms. The van der Waals surface area contributed by atoms with E-state index in [0.29, 0.717) is 16.4 Å². The van der Waals surface area contributed by atoms with Gasteiger partial charge >= 0.3 is 5.97 Å². The molecule has 4 aromatic carbocycles. The van der Waals surface area contributed by atoms with Gasteiger partial charge < -0.3 is 30.1 Å². The number of carbonyl (C=O) groups is 3. The van der Waals surface area contributed by atoms with Gasteiger partial charge in [-0.1, -0.05) is 108 Å². The second-order valence-corrected chi connectivity index (χ2v) is 14.2. The topological polar surface area (TPSA) is 152 Å². The number of ether oxygens (including phenoxy) is 2.